The highest BCUT2D eigenvalue weighted by Crippen LogP contribution is 2.29. The molecule has 1 unspecified atom stereocenters. The van der Waals surface area contributed by atoms with Crippen molar-refractivity contribution < 1.29 is 19.1 Å². The van der Waals surface area contributed by atoms with E-state index in [1.54, 1.807) is 48.5 Å². The van der Waals surface area contributed by atoms with Crippen molar-refractivity contribution >= 4 is 28.9 Å². The van der Waals surface area contributed by atoms with E-state index < -0.39 is 17.6 Å². The third-order valence-corrected chi connectivity index (χ3v) is 4.87. The first-order valence-corrected chi connectivity index (χ1v) is 9.84. The number of ether oxygens (including phenoxy) is 2. The van der Waals surface area contributed by atoms with Crippen LogP contribution in [0.5, 0.6) is 11.5 Å². The second-order valence-corrected chi connectivity index (χ2v) is 7.20. The Balaban J connectivity index is 1.99. The monoisotopic (exact) mass is 436 g/mol. The lowest BCUT2D eigenvalue weighted by Gasteiger charge is -2.13. The summed E-state index contributed by atoms with van der Waals surface area (Å²) >= 11 is 5.90. The minimum atomic E-state index is -1.35. The Hall–Kier alpha value is -3.51. The maximum Gasteiger partial charge on any atom is 0.197 e. The highest BCUT2D eigenvalue weighted by atomic mass is 35.5. The smallest absolute Gasteiger partial charge is 0.197 e. The second kappa shape index (κ2) is 10.00. The highest BCUT2D eigenvalue weighted by molar-refractivity contribution is 6.30. The third-order valence-electron chi connectivity index (χ3n) is 4.62. The number of hydrogen-bond donors (Lipinski definition) is 0. The Kier molecular flexibility index (Phi) is 7.15. The fourth-order valence-electron chi connectivity index (χ4n) is 2.88. The summed E-state index contributed by atoms with van der Waals surface area (Å²) in [6, 6.07) is 16.9. The van der Waals surface area contributed by atoms with Crippen LogP contribution in [0.25, 0.3) is 0 Å². The lowest BCUT2D eigenvalue weighted by atomic mass is 9.96. The molecule has 0 amide bonds. The standard InChI is InChI=1S/C24H21ClN2O4/c1-15-4-6-16(7-5-15)23(28)22(27-26-19-11-9-18(25)10-12-19)24(29)17-8-13-20(30-2)21(14-17)31-3/h4-14,22H,1-3H3. The van der Waals surface area contributed by atoms with Gasteiger partial charge in [-0.1, -0.05) is 41.4 Å². The third kappa shape index (κ3) is 5.35. The highest BCUT2D eigenvalue weighted by Gasteiger charge is 2.29. The first kappa shape index (κ1) is 22.2. The van der Waals surface area contributed by atoms with Crippen molar-refractivity contribution in [2.24, 2.45) is 10.2 Å². The molecule has 3 rings (SSSR count). The minimum Gasteiger partial charge on any atom is -0.493 e. The van der Waals surface area contributed by atoms with E-state index in [4.69, 9.17) is 21.1 Å². The largest absolute Gasteiger partial charge is 0.493 e. The number of benzene rings is 3. The molecule has 1 atom stereocenters. The van der Waals surface area contributed by atoms with E-state index in [-0.39, 0.29) is 5.56 Å². The van der Waals surface area contributed by atoms with Crippen LogP contribution in [0.2, 0.25) is 5.02 Å². The van der Waals surface area contributed by atoms with Crippen LogP contribution in [0, 0.1) is 6.92 Å². The lowest BCUT2D eigenvalue weighted by molar-refractivity contribution is 0.0861. The molecule has 0 aliphatic rings. The van der Waals surface area contributed by atoms with Crippen LogP contribution in [0.15, 0.2) is 77.0 Å². The van der Waals surface area contributed by atoms with Crippen LogP contribution in [-0.2, 0) is 0 Å². The zero-order valence-electron chi connectivity index (χ0n) is 17.3. The van der Waals surface area contributed by atoms with E-state index in [1.165, 1.54) is 20.3 Å². The number of carbonyl (C=O) groups is 2. The van der Waals surface area contributed by atoms with Crippen molar-refractivity contribution in [2.45, 2.75) is 13.0 Å². The summed E-state index contributed by atoms with van der Waals surface area (Å²) in [6.45, 7) is 1.92. The maximum absolute atomic E-state index is 13.3. The van der Waals surface area contributed by atoms with Gasteiger partial charge in [-0.05, 0) is 49.4 Å². The van der Waals surface area contributed by atoms with Gasteiger partial charge >= 0.3 is 0 Å². The summed E-state index contributed by atoms with van der Waals surface area (Å²) in [6.07, 6.45) is 0. The van der Waals surface area contributed by atoms with Gasteiger partial charge in [0.15, 0.2) is 29.1 Å². The van der Waals surface area contributed by atoms with Crippen molar-refractivity contribution in [2.75, 3.05) is 14.2 Å². The molecule has 3 aromatic carbocycles. The van der Waals surface area contributed by atoms with Gasteiger partial charge < -0.3 is 9.47 Å². The van der Waals surface area contributed by atoms with Crippen LogP contribution in [-0.4, -0.2) is 31.8 Å². The summed E-state index contributed by atoms with van der Waals surface area (Å²) < 4.78 is 10.5. The molecule has 6 nitrogen and oxygen atoms in total. The summed E-state index contributed by atoms with van der Waals surface area (Å²) in [5.41, 5.74) is 2.12. The quantitative estimate of drug-likeness (QED) is 0.251. The van der Waals surface area contributed by atoms with Crippen LogP contribution in [0.4, 0.5) is 5.69 Å². The fraction of sp³-hybridized carbons (Fsp3) is 0.167. The Bertz CT molecular complexity index is 1110. The molecule has 0 aliphatic heterocycles. The van der Waals surface area contributed by atoms with Crippen LogP contribution in [0.3, 0.4) is 0 Å². The second-order valence-electron chi connectivity index (χ2n) is 6.76. The molecule has 0 N–H and O–H groups in total. The molecule has 0 saturated carbocycles. The van der Waals surface area contributed by atoms with Gasteiger partial charge in [0.05, 0.1) is 19.9 Å². The molecule has 0 saturated heterocycles. The van der Waals surface area contributed by atoms with Gasteiger partial charge in [-0.15, -0.1) is 0 Å². The van der Waals surface area contributed by atoms with Crippen LogP contribution in [0.1, 0.15) is 26.3 Å². The van der Waals surface area contributed by atoms with Gasteiger partial charge in [0, 0.05) is 16.1 Å². The van der Waals surface area contributed by atoms with E-state index in [9.17, 15) is 9.59 Å². The molecule has 0 fully saturated rings. The summed E-state index contributed by atoms with van der Waals surface area (Å²) in [5.74, 6) is -0.0884. The van der Waals surface area contributed by atoms with E-state index in [0.29, 0.717) is 27.8 Å². The Labute approximate surface area is 185 Å². The van der Waals surface area contributed by atoms with Gasteiger partial charge in [-0.2, -0.15) is 10.2 Å². The Morgan fingerprint density at radius 1 is 0.806 bits per heavy atom. The average Bonchev–Trinajstić information content (AvgIpc) is 2.80. The first-order chi connectivity index (χ1) is 14.9. The predicted octanol–water partition coefficient (Wildman–Crippen LogP) is 5.88. The number of halogens is 1. The summed E-state index contributed by atoms with van der Waals surface area (Å²) in [4.78, 5) is 26.4. The number of ketones is 2. The normalized spacial score (nSPS) is 11.9. The molecule has 0 radical (unpaired) electrons. The summed E-state index contributed by atoms with van der Waals surface area (Å²) in [5, 5.41) is 8.76. The first-order valence-electron chi connectivity index (χ1n) is 9.46. The van der Waals surface area contributed by atoms with Crippen molar-refractivity contribution in [1.29, 1.82) is 0 Å². The Morgan fingerprint density at radius 2 is 1.39 bits per heavy atom. The Morgan fingerprint density at radius 3 is 2.00 bits per heavy atom. The maximum atomic E-state index is 13.3. The van der Waals surface area contributed by atoms with Gasteiger partial charge in [0.25, 0.3) is 0 Å². The molecule has 7 heteroatoms. The molecule has 158 valence electrons. The van der Waals surface area contributed by atoms with Gasteiger partial charge in [-0.3, -0.25) is 9.59 Å². The molecule has 0 aliphatic carbocycles. The van der Waals surface area contributed by atoms with Crippen molar-refractivity contribution in [1.82, 2.24) is 0 Å². The molecule has 0 heterocycles. The van der Waals surface area contributed by atoms with E-state index in [1.807, 2.05) is 19.1 Å². The van der Waals surface area contributed by atoms with Crippen molar-refractivity contribution in [3.63, 3.8) is 0 Å². The number of nitrogens with zero attached hydrogens (tertiary/aromatic N) is 2. The van der Waals surface area contributed by atoms with E-state index in [2.05, 4.69) is 10.2 Å². The predicted molar refractivity (Wildman–Crippen MR) is 119 cm³/mol. The van der Waals surface area contributed by atoms with E-state index >= 15 is 0 Å². The molecular weight excluding hydrogens is 416 g/mol. The SMILES string of the molecule is COc1ccc(C(=O)C(N=Nc2ccc(Cl)cc2)C(=O)c2ccc(C)cc2)cc1OC. The molecule has 0 bridgehead atoms. The molecule has 0 spiro atoms. The zero-order chi connectivity index (χ0) is 22.4. The van der Waals surface area contributed by atoms with Gasteiger partial charge in [0.1, 0.15) is 0 Å². The number of methoxy groups -OCH3 is 2. The van der Waals surface area contributed by atoms with Gasteiger partial charge in [0.2, 0.25) is 0 Å². The number of Topliss-reactive ketones (excluding diaryl/α,β-unsaturated/α-hetero) is 2. The number of rotatable bonds is 8. The molecular formula is C24H21ClN2O4. The number of azo groups is 1. The molecule has 31 heavy (non-hydrogen) atoms. The summed E-state index contributed by atoms with van der Waals surface area (Å²) in [7, 11) is 2.98. The number of hydrogen-bond acceptors (Lipinski definition) is 6. The van der Waals surface area contributed by atoms with Crippen LogP contribution >= 0.6 is 11.6 Å². The van der Waals surface area contributed by atoms with Gasteiger partial charge in [-0.25, -0.2) is 0 Å². The van der Waals surface area contributed by atoms with Crippen LogP contribution < -0.4 is 9.47 Å². The lowest BCUT2D eigenvalue weighted by Crippen LogP contribution is -2.28. The van der Waals surface area contributed by atoms with E-state index in [0.717, 1.165) is 5.56 Å². The van der Waals surface area contributed by atoms with Crippen molar-refractivity contribution in [3.05, 3.63) is 88.4 Å². The topological polar surface area (TPSA) is 77.3 Å². The molecule has 0 aromatic heterocycles. The fourth-order valence-corrected chi connectivity index (χ4v) is 3.01. The average molecular weight is 437 g/mol. The zero-order valence-corrected chi connectivity index (χ0v) is 18.1. The number of aryl methyl sites for hydroxylation is 1. The number of carbonyl (C=O) groups excluding carboxylic acids is 2. The van der Waals surface area contributed by atoms with Crippen molar-refractivity contribution in [3.8, 4) is 11.5 Å². The minimum absolute atomic E-state index is 0.262. The molecule has 3 aromatic rings.